The van der Waals surface area contributed by atoms with Crippen LogP contribution in [0.25, 0.3) is 0 Å². The Labute approximate surface area is 99.3 Å². The minimum Gasteiger partial charge on any atom is -0.488 e. The van der Waals surface area contributed by atoms with Crippen LogP contribution in [0, 0.1) is 0 Å². The van der Waals surface area contributed by atoms with Crippen molar-refractivity contribution in [2.24, 2.45) is 5.16 Å². The van der Waals surface area contributed by atoms with Gasteiger partial charge in [-0.15, -0.1) is 0 Å². The maximum Gasteiger partial charge on any atom is 0.134 e. The molecule has 0 bridgehead atoms. The third-order valence-electron chi connectivity index (χ3n) is 2.75. The average Bonchev–Trinajstić information content (AvgIpc) is 2.71. The Bertz CT molecular complexity index is 442. The molecule has 0 aromatic heterocycles. The Morgan fingerprint density at radius 1 is 1.41 bits per heavy atom. The van der Waals surface area contributed by atoms with Gasteiger partial charge in [0.1, 0.15) is 29.9 Å². The summed E-state index contributed by atoms with van der Waals surface area (Å²) in [5.41, 5.74) is 1.28. The Morgan fingerprint density at radius 3 is 2.82 bits per heavy atom. The lowest BCUT2D eigenvalue weighted by Gasteiger charge is -2.17. The van der Waals surface area contributed by atoms with Gasteiger partial charge in [-0.1, -0.05) is 5.16 Å². The third-order valence-corrected chi connectivity index (χ3v) is 2.75. The van der Waals surface area contributed by atoms with Crippen molar-refractivity contribution in [2.45, 2.75) is 26.1 Å². The van der Waals surface area contributed by atoms with Crippen LogP contribution in [0.15, 0.2) is 23.4 Å². The molecular weight excluding hydrogens is 222 g/mol. The van der Waals surface area contributed by atoms with Gasteiger partial charge in [0.2, 0.25) is 0 Å². The molecule has 0 saturated heterocycles. The first-order valence-electron chi connectivity index (χ1n) is 5.44. The second-order valence-corrected chi connectivity index (χ2v) is 4.06. The van der Waals surface area contributed by atoms with Gasteiger partial charge in [-0.05, 0) is 26.0 Å². The monoisotopic (exact) mass is 237 g/mol. The number of rotatable bonds is 3. The molecule has 0 saturated carbocycles. The summed E-state index contributed by atoms with van der Waals surface area (Å²) >= 11 is 0. The molecule has 17 heavy (non-hydrogen) atoms. The molecule has 2 rings (SSSR count). The van der Waals surface area contributed by atoms with Crippen molar-refractivity contribution in [2.75, 3.05) is 6.61 Å². The molecule has 0 fully saturated rings. The number of ether oxygens (including phenoxy) is 2. The Morgan fingerprint density at radius 2 is 2.18 bits per heavy atom. The van der Waals surface area contributed by atoms with Gasteiger partial charge in [0.05, 0.1) is 6.10 Å². The molecule has 1 heterocycles. The molecule has 1 aliphatic rings. The van der Waals surface area contributed by atoms with Crippen LogP contribution in [0.1, 0.15) is 19.4 Å². The van der Waals surface area contributed by atoms with Crippen molar-refractivity contribution >= 4 is 5.71 Å². The van der Waals surface area contributed by atoms with E-state index in [1.165, 1.54) is 0 Å². The molecule has 5 heteroatoms. The van der Waals surface area contributed by atoms with E-state index in [4.69, 9.17) is 14.7 Å². The largest absolute Gasteiger partial charge is 0.488 e. The van der Waals surface area contributed by atoms with E-state index >= 15 is 0 Å². The van der Waals surface area contributed by atoms with E-state index in [-0.39, 0.29) is 12.7 Å². The van der Waals surface area contributed by atoms with Crippen molar-refractivity contribution in [3.05, 3.63) is 23.8 Å². The minimum absolute atomic E-state index is 0.265. The Kier molecular flexibility index (Phi) is 3.19. The minimum atomic E-state index is -0.543. The molecule has 0 spiro atoms. The highest BCUT2D eigenvalue weighted by atomic mass is 16.5. The zero-order valence-corrected chi connectivity index (χ0v) is 9.75. The van der Waals surface area contributed by atoms with Gasteiger partial charge in [-0.3, -0.25) is 0 Å². The van der Waals surface area contributed by atoms with Gasteiger partial charge in [0.15, 0.2) is 0 Å². The van der Waals surface area contributed by atoms with Gasteiger partial charge < -0.3 is 19.8 Å². The van der Waals surface area contributed by atoms with Gasteiger partial charge in [-0.2, -0.15) is 0 Å². The van der Waals surface area contributed by atoms with E-state index in [1.807, 2.05) is 0 Å². The van der Waals surface area contributed by atoms with Crippen molar-refractivity contribution < 1.29 is 19.8 Å². The van der Waals surface area contributed by atoms with Crippen molar-refractivity contribution in [1.82, 2.24) is 0 Å². The second-order valence-electron chi connectivity index (χ2n) is 4.06. The fourth-order valence-electron chi connectivity index (χ4n) is 1.55. The summed E-state index contributed by atoms with van der Waals surface area (Å²) in [5, 5.41) is 21.2. The van der Waals surface area contributed by atoms with Crippen molar-refractivity contribution in [3.8, 4) is 11.5 Å². The molecule has 2 N–H and O–H groups in total. The first-order valence-corrected chi connectivity index (χ1v) is 5.44. The molecule has 5 nitrogen and oxygen atoms in total. The summed E-state index contributed by atoms with van der Waals surface area (Å²) in [7, 11) is 0. The first kappa shape index (κ1) is 11.7. The highest BCUT2D eigenvalue weighted by Crippen LogP contribution is 2.30. The lowest BCUT2D eigenvalue weighted by molar-refractivity contribution is 0.0603. The normalized spacial score (nSPS) is 19.6. The molecule has 2 unspecified atom stereocenters. The summed E-state index contributed by atoms with van der Waals surface area (Å²) in [6.07, 6.45) is -0.834. The summed E-state index contributed by atoms with van der Waals surface area (Å²) in [6.45, 7) is 3.73. The number of aliphatic hydroxyl groups is 1. The fraction of sp³-hybridized carbons (Fsp3) is 0.417. The van der Waals surface area contributed by atoms with Crippen molar-refractivity contribution in [1.29, 1.82) is 0 Å². The number of aliphatic hydroxyl groups excluding tert-OH is 1. The number of hydrogen-bond donors (Lipinski definition) is 2. The quantitative estimate of drug-likeness (QED) is 0.616. The zero-order valence-electron chi connectivity index (χ0n) is 9.75. The molecule has 0 aliphatic carbocycles. The van der Waals surface area contributed by atoms with Crippen molar-refractivity contribution in [3.63, 3.8) is 0 Å². The van der Waals surface area contributed by atoms with E-state index < -0.39 is 6.10 Å². The SMILES string of the molecule is CC(O)C(C)Oc1ccc2c(c1)OCC2=NO. The molecule has 1 aromatic rings. The highest BCUT2D eigenvalue weighted by Gasteiger charge is 2.21. The Balaban J connectivity index is 2.18. The van der Waals surface area contributed by atoms with Gasteiger partial charge in [0, 0.05) is 11.6 Å². The van der Waals surface area contributed by atoms with Gasteiger partial charge >= 0.3 is 0 Å². The lowest BCUT2D eigenvalue weighted by atomic mass is 10.1. The summed E-state index contributed by atoms with van der Waals surface area (Å²) in [4.78, 5) is 0. The zero-order chi connectivity index (χ0) is 12.4. The topological polar surface area (TPSA) is 71.3 Å². The molecular formula is C12H15NO4. The molecule has 0 radical (unpaired) electrons. The van der Waals surface area contributed by atoms with Crippen LogP contribution in [-0.2, 0) is 0 Å². The van der Waals surface area contributed by atoms with Crippen LogP contribution >= 0.6 is 0 Å². The molecule has 1 aromatic carbocycles. The second kappa shape index (κ2) is 4.63. The molecule has 1 aliphatic heterocycles. The number of oxime groups is 1. The van der Waals surface area contributed by atoms with E-state index in [0.717, 1.165) is 5.56 Å². The van der Waals surface area contributed by atoms with Gasteiger partial charge in [-0.25, -0.2) is 0 Å². The predicted octanol–water partition coefficient (Wildman–Crippen LogP) is 1.41. The van der Waals surface area contributed by atoms with Crippen LogP contribution in [0.3, 0.4) is 0 Å². The standard InChI is InChI=1S/C12H15NO4/c1-7(14)8(2)17-9-3-4-10-11(13-15)6-16-12(10)5-9/h3-5,7-8,14-15H,6H2,1-2H3. The number of hydrogen-bond acceptors (Lipinski definition) is 5. The van der Waals surface area contributed by atoms with E-state index in [0.29, 0.717) is 17.2 Å². The van der Waals surface area contributed by atoms with E-state index in [2.05, 4.69) is 5.16 Å². The first-order chi connectivity index (χ1) is 8.11. The van der Waals surface area contributed by atoms with Crippen LogP contribution in [-0.4, -0.2) is 34.8 Å². The van der Waals surface area contributed by atoms with Crippen LogP contribution in [0.2, 0.25) is 0 Å². The van der Waals surface area contributed by atoms with Crippen LogP contribution in [0.4, 0.5) is 0 Å². The third kappa shape index (κ3) is 2.34. The molecule has 92 valence electrons. The maximum atomic E-state index is 9.35. The number of fused-ring (bicyclic) bond motifs is 1. The Hall–Kier alpha value is -1.75. The van der Waals surface area contributed by atoms with E-state index in [1.54, 1.807) is 32.0 Å². The number of benzene rings is 1. The summed E-state index contributed by atoms with van der Waals surface area (Å²) < 4.78 is 10.9. The van der Waals surface area contributed by atoms with E-state index in [9.17, 15) is 5.11 Å². The van der Waals surface area contributed by atoms with Crippen LogP contribution < -0.4 is 9.47 Å². The average molecular weight is 237 g/mol. The lowest BCUT2D eigenvalue weighted by Crippen LogP contribution is -2.25. The van der Waals surface area contributed by atoms with Crippen LogP contribution in [0.5, 0.6) is 11.5 Å². The smallest absolute Gasteiger partial charge is 0.134 e. The summed E-state index contributed by atoms with van der Waals surface area (Å²) in [5.74, 6) is 1.25. The summed E-state index contributed by atoms with van der Waals surface area (Å²) in [6, 6.07) is 5.27. The number of nitrogens with zero attached hydrogens (tertiary/aromatic N) is 1. The molecule has 2 atom stereocenters. The predicted molar refractivity (Wildman–Crippen MR) is 62.0 cm³/mol. The highest BCUT2D eigenvalue weighted by molar-refractivity contribution is 6.05. The van der Waals surface area contributed by atoms with Gasteiger partial charge in [0.25, 0.3) is 0 Å². The maximum absolute atomic E-state index is 9.35. The fourth-order valence-corrected chi connectivity index (χ4v) is 1.55. The molecule has 0 amide bonds.